The summed E-state index contributed by atoms with van der Waals surface area (Å²) < 4.78 is 7.51. The summed E-state index contributed by atoms with van der Waals surface area (Å²) in [4.78, 5) is 6.39. The lowest BCUT2D eigenvalue weighted by atomic mass is 10.0. The van der Waals surface area contributed by atoms with Crippen molar-refractivity contribution in [1.29, 1.82) is 0 Å². The van der Waals surface area contributed by atoms with Crippen LogP contribution in [0.1, 0.15) is 17.3 Å². The molecule has 2 aromatic heterocycles. The van der Waals surface area contributed by atoms with Crippen LogP contribution < -0.4 is 10.1 Å². The van der Waals surface area contributed by atoms with Crippen molar-refractivity contribution < 1.29 is 4.74 Å². The molecule has 4 rings (SSSR count). The highest BCUT2D eigenvalue weighted by molar-refractivity contribution is 7.80. The summed E-state index contributed by atoms with van der Waals surface area (Å²) in [6.07, 6.45) is 5.78. The fourth-order valence-corrected chi connectivity index (χ4v) is 3.68. The van der Waals surface area contributed by atoms with Gasteiger partial charge >= 0.3 is 0 Å². The lowest BCUT2D eigenvalue weighted by Gasteiger charge is -2.39. The first-order valence-electron chi connectivity index (χ1n) is 8.53. The molecule has 0 saturated heterocycles. The van der Waals surface area contributed by atoms with E-state index in [2.05, 4.69) is 50.2 Å². The number of fused-ring (bicyclic) bond motifs is 1. The van der Waals surface area contributed by atoms with Crippen LogP contribution in [0, 0.1) is 0 Å². The van der Waals surface area contributed by atoms with E-state index in [1.807, 2.05) is 36.7 Å². The van der Waals surface area contributed by atoms with Gasteiger partial charge in [0.05, 0.1) is 13.2 Å². The molecule has 3 aromatic rings. The minimum Gasteiger partial charge on any atom is -0.497 e. The van der Waals surface area contributed by atoms with Crippen LogP contribution >= 0.6 is 12.2 Å². The fraction of sp³-hybridized carbons (Fsp3) is 0.200. The van der Waals surface area contributed by atoms with E-state index in [0.717, 1.165) is 24.5 Å². The molecule has 0 bridgehead atoms. The predicted octanol–water partition coefficient (Wildman–Crippen LogP) is 3.69. The number of benzene rings is 1. The van der Waals surface area contributed by atoms with E-state index in [9.17, 15) is 0 Å². The second-order valence-electron chi connectivity index (χ2n) is 6.16. The predicted molar refractivity (Wildman–Crippen MR) is 106 cm³/mol. The van der Waals surface area contributed by atoms with Gasteiger partial charge in [-0.2, -0.15) is 0 Å². The van der Waals surface area contributed by atoms with Crippen molar-refractivity contribution in [3.05, 3.63) is 78.4 Å². The van der Waals surface area contributed by atoms with Gasteiger partial charge in [-0.25, -0.2) is 0 Å². The topological polar surface area (TPSA) is 42.3 Å². The van der Waals surface area contributed by atoms with Gasteiger partial charge in [-0.15, -0.1) is 0 Å². The van der Waals surface area contributed by atoms with Gasteiger partial charge in [0, 0.05) is 43.1 Å². The van der Waals surface area contributed by atoms with Crippen LogP contribution in [-0.2, 0) is 6.54 Å². The Morgan fingerprint density at radius 2 is 1.88 bits per heavy atom. The number of anilines is 1. The van der Waals surface area contributed by atoms with Gasteiger partial charge in [0.2, 0.25) is 0 Å². The zero-order chi connectivity index (χ0) is 17.9. The molecule has 0 unspecified atom stereocenters. The Hall–Kier alpha value is -2.86. The number of nitrogens with zero attached hydrogens (tertiary/aromatic N) is 3. The number of hydrogen-bond donors (Lipinski definition) is 1. The van der Waals surface area contributed by atoms with Crippen molar-refractivity contribution >= 4 is 23.0 Å². The third-order valence-electron chi connectivity index (χ3n) is 4.66. The van der Waals surface area contributed by atoms with Gasteiger partial charge in [-0.05, 0) is 66.3 Å². The molecule has 3 heterocycles. The maximum absolute atomic E-state index is 5.76. The van der Waals surface area contributed by atoms with E-state index in [0.29, 0.717) is 5.11 Å². The Kier molecular flexibility index (Phi) is 4.58. The number of methoxy groups -OCH3 is 1. The Morgan fingerprint density at radius 1 is 1.12 bits per heavy atom. The van der Waals surface area contributed by atoms with Gasteiger partial charge in [-0.3, -0.25) is 4.98 Å². The van der Waals surface area contributed by atoms with Gasteiger partial charge < -0.3 is 19.5 Å². The van der Waals surface area contributed by atoms with E-state index in [1.54, 1.807) is 7.11 Å². The molecule has 1 aliphatic rings. The van der Waals surface area contributed by atoms with Crippen molar-refractivity contribution in [3.63, 3.8) is 0 Å². The molecule has 0 radical (unpaired) electrons. The van der Waals surface area contributed by atoms with Crippen LogP contribution in [0.2, 0.25) is 0 Å². The average Bonchev–Trinajstić information content (AvgIpc) is 3.17. The number of aromatic nitrogens is 2. The summed E-state index contributed by atoms with van der Waals surface area (Å²) in [5, 5.41) is 4.08. The highest BCUT2D eigenvalue weighted by atomic mass is 32.1. The van der Waals surface area contributed by atoms with E-state index >= 15 is 0 Å². The monoisotopic (exact) mass is 364 g/mol. The first-order chi connectivity index (χ1) is 12.8. The molecule has 0 aliphatic carbocycles. The molecule has 0 saturated carbocycles. The molecule has 1 aromatic carbocycles. The molecule has 6 heteroatoms. The van der Waals surface area contributed by atoms with Crippen LogP contribution in [0.4, 0.5) is 5.69 Å². The highest BCUT2D eigenvalue weighted by Gasteiger charge is 2.30. The number of rotatable bonds is 3. The molecule has 1 aliphatic heterocycles. The van der Waals surface area contributed by atoms with Crippen LogP contribution in [0.15, 0.2) is 67.1 Å². The quantitative estimate of drug-likeness (QED) is 0.718. The van der Waals surface area contributed by atoms with Crippen LogP contribution in [0.25, 0.3) is 0 Å². The Balaban J connectivity index is 1.62. The van der Waals surface area contributed by atoms with E-state index in [4.69, 9.17) is 17.0 Å². The number of ether oxygens (including phenoxy) is 1. The van der Waals surface area contributed by atoms with Gasteiger partial charge in [0.15, 0.2) is 5.11 Å². The lowest BCUT2D eigenvalue weighted by molar-refractivity contribution is 0.293. The summed E-state index contributed by atoms with van der Waals surface area (Å²) in [6.45, 7) is 1.75. The average molecular weight is 364 g/mol. The second-order valence-corrected chi connectivity index (χ2v) is 6.55. The van der Waals surface area contributed by atoms with Crippen molar-refractivity contribution in [2.75, 3.05) is 19.0 Å². The number of pyridine rings is 1. The molecule has 26 heavy (non-hydrogen) atoms. The summed E-state index contributed by atoms with van der Waals surface area (Å²) in [7, 11) is 1.66. The molecule has 0 spiro atoms. The molecule has 1 N–H and O–H groups in total. The third-order valence-corrected chi connectivity index (χ3v) is 5.00. The van der Waals surface area contributed by atoms with Crippen molar-refractivity contribution in [2.45, 2.75) is 12.6 Å². The lowest BCUT2D eigenvalue weighted by Crippen LogP contribution is -2.44. The second kappa shape index (κ2) is 7.17. The number of hydrogen-bond acceptors (Lipinski definition) is 3. The van der Waals surface area contributed by atoms with E-state index < -0.39 is 0 Å². The van der Waals surface area contributed by atoms with Crippen molar-refractivity contribution in [1.82, 2.24) is 14.5 Å². The molecule has 132 valence electrons. The summed E-state index contributed by atoms with van der Waals surface area (Å²) in [6, 6.07) is 16.2. The first kappa shape index (κ1) is 16.6. The number of thiocarbonyl (C=S) groups is 1. The third kappa shape index (κ3) is 3.15. The fourth-order valence-electron chi connectivity index (χ4n) is 3.37. The smallest absolute Gasteiger partial charge is 0.174 e. The first-order valence-corrected chi connectivity index (χ1v) is 8.94. The van der Waals surface area contributed by atoms with Crippen LogP contribution in [0.5, 0.6) is 5.75 Å². The number of nitrogens with one attached hydrogen (secondary N) is 1. The molecule has 5 nitrogen and oxygen atoms in total. The maximum atomic E-state index is 5.76. The Bertz CT molecular complexity index is 892. The minimum atomic E-state index is 0.0694. The summed E-state index contributed by atoms with van der Waals surface area (Å²) in [5.74, 6) is 0.826. The summed E-state index contributed by atoms with van der Waals surface area (Å²) >= 11 is 5.76. The van der Waals surface area contributed by atoms with Gasteiger partial charge in [0.25, 0.3) is 0 Å². The van der Waals surface area contributed by atoms with E-state index in [1.165, 1.54) is 11.3 Å². The minimum absolute atomic E-state index is 0.0694. The van der Waals surface area contributed by atoms with Crippen LogP contribution in [0.3, 0.4) is 0 Å². The van der Waals surface area contributed by atoms with E-state index in [-0.39, 0.29) is 6.04 Å². The molecular formula is C20H20N4OS. The normalized spacial score (nSPS) is 16.0. The summed E-state index contributed by atoms with van der Waals surface area (Å²) in [5.41, 5.74) is 3.37. The Morgan fingerprint density at radius 3 is 2.62 bits per heavy atom. The van der Waals surface area contributed by atoms with Crippen molar-refractivity contribution in [3.8, 4) is 5.75 Å². The van der Waals surface area contributed by atoms with Crippen LogP contribution in [-0.4, -0.2) is 33.2 Å². The zero-order valence-electron chi connectivity index (χ0n) is 14.5. The molecule has 0 fully saturated rings. The van der Waals surface area contributed by atoms with Gasteiger partial charge in [-0.1, -0.05) is 0 Å². The SMILES string of the molecule is COc1ccc(NC(=S)N2CCn3cccc3[C@@H]2c2ccncc2)cc1. The molecular weight excluding hydrogens is 344 g/mol. The highest BCUT2D eigenvalue weighted by Crippen LogP contribution is 2.32. The zero-order valence-corrected chi connectivity index (χ0v) is 15.3. The standard InChI is InChI=1S/C20H20N4OS/c1-25-17-6-4-16(5-7-17)22-20(26)24-14-13-23-12-2-3-18(23)19(24)15-8-10-21-11-9-15/h2-12,19H,13-14H2,1H3,(H,22,26)/t19-/m0/s1. The molecule has 1 atom stereocenters. The Labute approximate surface area is 158 Å². The maximum Gasteiger partial charge on any atom is 0.174 e. The van der Waals surface area contributed by atoms with Gasteiger partial charge in [0.1, 0.15) is 5.75 Å². The largest absolute Gasteiger partial charge is 0.497 e. The molecule has 0 amide bonds. The van der Waals surface area contributed by atoms with Crippen molar-refractivity contribution in [2.24, 2.45) is 0 Å².